The zero-order valence-corrected chi connectivity index (χ0v) is 8.06. The molecule has 1 heterocycles. The first-order valence-corrected chi connectivity index (χ1v) is 4.27. The van der Waals surface area contributed by atoms with Crippen LogP contribution in [0, 0.1) is 11.3 Å². The first-order chi connectivity index (χ1) is 6.69. The van der Waals surface area contributed by atoms with Gasteiger partial charge in [0, 0.05) is 6.07 Å². The molecule has 1 atom stereocenters. The van der Waals surface area contributed by atoms with Crippen LogP contribution in [0.4, 0.5) is 0 Å². The van der Waals surface area contributed by atoms with Crippen LogP contribution in [0.5, 0.6) is 5.75 Å². The fourth-order valence-corrected chi connectivity index (χ4v) is 0.936. The molecule has 0 aromatic carbocycles. The minimum atomic E-state index is -0.713. The molecule has 5 nitrogen and oxygen atoms in total. The smallest absolute Gasteiger partial charge is 0.204 e. The summed E-state index contributed by atoms with van der Waals surface area (Å²) in [5.74, 6) is 0.362. The molecule has 0 aliphatic carbocycles. The van der Waals surface area contributed by atoms with E-state index in [0.29, 0.717) is 18.1 Å². The maximum absolute atomic E-state index is 9.24. The number of hydrogen-bond donors (Lipinski definition) is 1. The summed E-state index contributed by atoms with van der Waals surface area (Å²) >= 11 is 0. The van der Waals surface area contributed by atoms with Crippen LogP contribution in [-0.4, -0.2) is 21.9 Å². The van der Waals surface area contributed by atoms with E-state index < -0.39 is 6.10 Å². The standard InChI is InChI=1S/C9H11N3O2/c1-3-14-9-4-7(6(2)13)11-12-8(9)5-10/h4,6,13H,3H2,1-2H3. The molecule has 0 amide bonds. The second-order valence-electron chi connectivity index (χ2n) is 2.70. The van der Waals surface area contributed by atoms with Crippen molar-refractivity contribution in [2.75, 3.05) is 6.61 Å². The van der Waals surface area contributed by atoms with Gasteiger partial charge in [-0.3, -0.25) is 0 Å². The van der Waals surface area contributed by atoms with E-state index in [4.69, 9.17) is 10.00 Å². The average molecular weight is 193 g/mol. The summed E-state index contributed by atoms with van der Waals surface area (Å²) in [5, 5.41) is 25.2. The molecule has 14 heavy (non-hydrogen) atoms. The van der Waals surface area contributed by atoms with Crippen molar-refractivity contribution in [2.24, 2.45) is 0 Å². The molecule has 0 bridgehead atoms. The summed E-state index contributed by atoms with van der Waals surface area (Å²) in [6, 6.07) is 3.39. The first kappa shape index (κ1) is 10.4. The predicted molar refractivity (Wildman–Crippen MR) is 48.5 cm³/mol. The molecule has 1 unspecified atom stereocenters. The van der Waals surface area contributed by atoms with Gasteiger partial charge in [0.05, 0.1) is 18.4 Å². The summed E-state index contributed by atoms with van der Waals surface area (Å²) in [6.07, 6.45) is -0.713. The van der Waals surface area contributed by atoms with Crippen LogP contribution in [0.3, 0.4) is 0 Å². The lowest BCUT2D eigenvalue weighted by atomic mass is 10.2. The van der Waals surface area contributed by atoms with Gasteiger partial charge >= 0.3 is 0 Å². The van der Waals surface area contributed by atoms with E-state index in [2.05, 4.69) is 10.2 Å². The highest BCUT2D eigenvalue weighted by molar-refractivity contribution is 5.37. The van der Waals surface area contributed by atoms with Crippen LogP contribution in [0.1, 0.15) is 31.3 Å². The molecule has 0 aliphatic rings. The second-order valence-corrected chi connectivity index (χ2v) is 2.70. The summed E-state index contributed by atoms with van der Waals surface area (Å²) in [5.41, 5.74) is 0.531. The molecule has 0 aliphatic heterocycles. The second kappa shape index (κ2) is 4.53. The van der Waals surface area contributed by atoms with Crippen molar-refractivity contribution in [2.45, 2.75) is 20.0 Å². The highest BCUT2D eigenvalue weighted by Gasteiger charge is 2.10. The largest absolute Gasteiger partial charge is 0.491 e. The van der Waals surface area contributed by atoms with Gasteiger partial charge in [-0.1, -0.05) is 0 Å². The van der Waals surface area contributed by atoms with Gasteiger partial charge in [0.15, 0.2) is 5.75 Å². The number of ether oxygens (including phenoxy) is 1. The van der Waals surface area contributed by atoms with E-state index in [1.807, 2.05) is 13.0 Å². The minimum absolute atomic E-state index is 0.135. The molecule has 1 rings (SSSR count). The van der Waals surface area contributed by atoms with Crippen LogP contribution < -0.4 is 4.74 Å². The number of nitrogens with zero attached hydrogens (tertiary/aromatic N) is 3. The number of rotatable bonds is 3. The van der Waals surface area contributed by atoms with E-state index in [1.165, 1.54) is 6.07 Å². The van der Waals surface area contributed by atoms with Crippen LogP contribution >= 0.6 is 0 Å². The Morgan fingerprint density at radius 3 is 2.86 bits per heavy atom. The number of nitriles is 1. The Hall–Kier alpha value is -1.67. The maximum atomic E-state index is 9.24. The van der Waals surface area contributed by atoms with Crippen molar-refractivity contribution in [1.82, 2.24) is 10.2 Å². The van der Waals surface area contributed by atoms with E-state index in [1.54, 1.807) is 6.92 Å². The Balaban J connectivity index is 3.09. The van der Waals surface area contributed by atoms with Crippen molar-refractivity contribution in [3.63, 3.8) is 0 Å². The highest BCUT2D eigenvalue weighted by atomic mass is 16.5. The highest BCUT2D eigenvalue weighted by Crippen LogP contribution is 2.18. The van der Waals surface area contributed by atoms with E-state index in [9.17, 15) is 5.11 Å². The molecule has 1 aromatic rings. The zero-order valence-electron chi connectivity index (χ0n) is 8.06. The van der Waals surface area contributed by atoms with E-state index in [0.717, 1.165) is 0 Å². The van der Waals surface area contributed by atoms with Crippen molar-refractivity contribution in [1.29, 1.82) is 5.26 Å². The fourth-order valence-electron chi connectivity index (χ4n) is 0.936. The topological polar surface area (TPSA) is 79.0 Å². The lowest BCUT2D eigenvalue weighted by molar-refractivity contribution is 0.192. The fraction of sp³-hybridized carbons (Fsp3) is 0.444. The molecule has 0 fully saturated rings. The normalized spacial score (nSPS) is 11.9. The van der Waals surface area contributed by atoms with Gasteiger partial charge < -0.3 is 9.84 Å². The van der Waals surface area contributed by atoms with Gasteiger partial charge in [-0.25, -0.2) is 0 Å². The molecule has 0 radical (unpaired) electrons. The monoisotopic (exact) mass is 193 g/mol. The van der Waals surface area contributed by atoms with Crippen LogP contribution in [0.2, 0.25) is 0 Å². The Kier molecular flexibility index (Phi) is 3.37. The van der Waals surface area contributed by atoms with E-state index in [-0.39, 0.29) is 5.69 Å². The molecule has 74 valence electrons. The lowest BCUT2D eigenvalue weighted by Crippen LogP contribution is -2.03. The molecule has 5 heteroatoms. The molecular weight excluding hydrogens is 182 g/mol. The summed E-state index contributed by atoms with van der Waals surface area (Å²) in [7, 11) is 0. The molecule has 0 saturated carbocycles. The molecule has 1 N–H and O–H groups in total. The average Bonchev–Trinajstić information content (AvgIpc) is 2.18. The zero-order chi connectivity index (χ0) is 10.6. The van der Waals surface area contributed by atoms with Crippen molar-refractivity contribution >= 4 is 0 Å². The first-order valence-electron chi connectivity index (χ1n) is 4.27. The molecule has 1 aromatic heterocycles. The van der Waals surface area contributed by atoms with Gasteiger partial charge in [-0.2, -0.15) is 10.4 Å². The third kappa shape index (κ3) is 2.18. The summed E-state index contributed by atoms with van der Waals surface area (Å²) in [4.78, 5) is 0. The van der Waals surface area contributed by atoms with Gasteiger partial charge in [-0.05, 0) is 13.8 Å². The number of aromatic nitrogens is 2. The van der Waals surface area contributed by atoms with Crippen LogP contribution in [0.25, 0.3) is 0 Å². The third-order valence-corrected chi connectivity index (χ3v) is 1.61. The molecular formula is C9H11N3O2. The van der Waals surface area contributed by atoms with Crippen molar-refractivity contribution in [3.05, 3.63) is 17.5 Å². The van der Waals surface area contributed by atoms with Crippen LogP contribution in [-0.2, 0) is 0 Å². The molecule has 0 spiro atoms. The van der Waals surface area contributed by atoms with Gasteiger partial charge in [0.25, 0.3) is 0 Å². The predicted octanol–water partition coefficient (Wildman–Crippen LogP) is 0.800. The summed E-state index contributed by atoms with van der Waals surface area (Å²) in [6.45, 7) is 3.83. The SMILES string of the molecule is CCOc1cc(C(C)O)nnc1C#N. The van der Waals surface area contributed by atoms with Crippen LogP contribution in [0.15, 0.2) is 6.07 Å². The van der Waals surface area contributed by atoms with Crippen molar-refractivity contribution in [3.8, 4) is 11.8 Å². The number of aliphatic hydroxyl groups is 1. The Morgan fingerprint density at radius 1 is 1.64 bits per heavy atom. The lowest BCUT2D eigenvalue weighted by Gasteiger charge is -2.07. The third-order valence-electron chi connectivity index (χ3n) is 1.61. The summed E-state index contributed by atoms with van der Waals surface area (Å²) < 4.78 is 5.18. The molecule has 0 saturated heterocycles. The van der Waals surface area contributed by atoms with Gasteiger partial charge in [0.1, 0.15) is 6.07 Å². The quantitative estimate of drug-likeness (QED) is 0.768. The Morgan fingerprint density at radius 2 is 2.36 bits per heavy atom. The Bertz CT molecular complexity index is 358. The number of hydrogen-bond acceptors (Lipinski definition) is 5. The van der Waals surface area contributed by atoms with E-state index >= 15 is 0 Å². The minimum Gasteiger partial charge on any atom is -0.491 e. The van der Waals surface area contributed by atoms with Gasteiger partial charge in [-0.15, -0.1) is 5.10 Å². The Labute approximate surface area is 82.0 Å². The van der Waals surface area contributed by atoms with Gasteiger partial charge in [0.2, 0.25) is 5.69 Å². The van der Waals surface area contributed by atoms with Crippen molar-refractivity contribution < 1.29 is 9.84 Å². The maximum Gasteiger partial charge on any atom is 0.204 e. The number of aliphatic hydroxyl groups excluding tert-OH is 1.